The lowest BCUT2D eigenvalue weighted by Crippen LogP contribution is -2.35. The van der Waals surface area contributed by atoms with Crippen LogP contribution < -0.4 is 0 Å². The molecule has 0 heterocycles. The lowest BCUT2D eigenvalue weighted by molar-refractivity contribution is -0.125. The molecule has 0 aliphatic heterocycles. The van der Waals surface area contributed by atoms with Gasteiger partial charge in [-0.25, -0.2) is 0 Å². The van der Waals surface area contributed by atoms with Crippen LogP contribution in [0.4, 0.5) is 0 Å². The van der Waals surface area contributed by atoms with Gasteiger partial charge in [0.25, 0.3) is 0 Å². The molecule has 1 rings (SSSR count). The van der Waals surface area contributed by atoms with Crippen LogP contribution in [-0.2, 0) is 4.79 Å². The normalized spacial score (nSPS) is 40.6. The molecule has 40 valence electrons. The summed E-state index contributed by atoms with van der Waals surface area (Å²) in [7, 11) is 0. The van der Waals surface area contributed by atoms with Gasteiger partial charge in [0.15, 0.2) is 0 Å². The predicted molar refractivity (Wildman–Crippen MR) is 31.5 cm³/mol. The molecule has 0 unspecified atom stereocenters. The number of carbonyl (C=O) groups is 1. The molecule has 0 N–H and O–H groups in total. The number of carbonyl (C=O) groups excluding carboxylic acids is 1. The SMILES string of the molecule is C[C@@H]1CC(=O)[C@H]1Br. The van der Waals surface area contributed by atoms with Crippen molar-refractivity contribution in [3.8, 4) is 0 Å². The van der Waals surface area contributed by atoms with Crippen LogP contribution in [0.2, 0.25) is 0 Å². The molecule has 0 aromatic carbocycles. The summed E-state index contributed by atoms with van der Waals surface area (Å²) in [6.45, 7) is 2.07. The van der Waals surface area contributed by atoms with Crippen LogP contribution in [0.15, 0.2) is 0 Å². The summed E-state index contributed by atoms with van der Waals surface area (Å²) < 4.78 is 0. The van der Waals surface area contributed by atoms with Crippen molar-refractivity contribution < 1.29 is 4.79 Å². The molecular formula is C5H7BrO. The van der Waals surface area contributed by atoms with Crippen LogP contribution in [0.3, 0.4) is 0 Å². The number of hydrogen-bond donors (Lipinski definition) is 0. The average Bonchev–Trinajstić information content (AvgIpc) is 1.68. The van der Waals surface area contributed by atoms with E-state index in [1.807, 2.05) is 0 Å². The Morgan fingerprint density at radius 1 is 1.86 bits per heavy atom. The van der Waals surface area contributed by atoms with Crippen LogP contribution in [-0.4, -0.2) is 10.6 Å². The molecule has 0 saturated heterocycles. The third-order valence-corrected chi connectivity index (χ3v) is 2.74. The highest BCUT2D eigenvalue weighted by molar-refractivity contribution is 9.10. The summed E-state index contributed by atoms with van der Waals surface area (Å²) in [6.07, 6.45) is 0.774. The molecule has 0 spiro atoms. The minimum Gasteiger partial charge on any atom is -0.298 e. The third-order valence-electron chi connectivity index (χ3n) is 1.33. The molecule has 1 nitrogen and oxygen atoms in total. The molecule has 2 atom stereocenters. The van der Waals surface area contributed by atoms with Crippen LogP contribution in [0.1, 0.15) is 13.3 Å². The Labute approximate surface area is 51.2 Å². The number of Topliss-reactive ketones (excluding diaryl/α,β-unsaturated/α-hetero) is 1. The Hall–Kier alpha value is 0.150. The lowest BCUT2D eigenvalue weighted by Gasteiger charge is -2.26. The summed E-state index contributed by atoms with van der Waals surface area (Å²) in [5, 5.41) is 0. The number of alkyl halides is 1. The van der Waals surface area contributed by atoms with Crippen LogP contribution >= 0.6 is 15.9 Å². The van der Waals surface area contributed by atoms with E-state index in [9.17, 15) is 4.79 Å². The minimum absolute atomic E-state index is 0.174. The highest BCUT2D eigenvalue weighted by atomic mass is 79.9. The van der Waals surface area contributed by atoms with E-state index in [-0.39, 0.29) is 4.83 Å². The molecule has 1 fully saturated rings. The average molecular weight is 163 g/mol. The Balaban J connectivity index is 2.43. The first-order chi connectivity index (χ1) is 3.22. The molecule has 1 aliphatic rings. The van der Waals surface area contributed by atoms with Crippen molar-refractivity contribution in [2.75, 3.05) is 0 Å². The van der Waals surface area contributed by atoms with Crippen LogP contribution in [0.5, 0.6) is 0 Å². The fourth-order valence-electron chi connectivity index (χ4n) is 0.690. The van der Waals surface area contributed by atoms with Crippen molar-refractivity contribution in [1.82, 2.24) is 0 Å². The molecule has 1 aliphatic carbocycles. The number of rotatable bonds is 0. The van der Waals surface area contributed by atoms with Crippen molar-refractivity contribution in [1.29, 1.82) is 0 Å². The monoisotopic (exact) mass is 162 g/mol. The Morgan fingerprint density at radius 2 is 2.43 bits per heavy atom. The largest absolute Gasteiger partial charge is 0.298 e. The predicted octanol–water partition coefficient (Wildman–Crippen LogP) is 1.36. The third kappa shape index (κ3) is 0.717. The molecule has 0 aromatic rings. The summed E-state index contributed by atoms with van der Waals surface area (Å²) in [4.78, 5) is 10.6. The number of ketones is 1. The van der Waals surface area contributed by atoms with Crippen molar-refractivity contribution in [3.05, 3.63) is 0 Å². The maximum atomic E-state index is 10.4. The van der Waals surface area contributed by atoms with E-state index in [0.29, 0.717) is 11.7 Å². The molecule has 7 heavy (non-hydrogen) atoms. The second kappa shape index (κ2) is 1.58. The Bertz CT molecular complexity index is 100. The van der Waals surface area contributed by atoms with Gasteiger partial charge in [0, 0.05) is 6.42 Å². The minimum atomic E-state index is 0.174. The molecule has 0 amide bonds. The van der Waals surface area contributed by atoms with Crippen molar-refractivity contribution in [3.63, 3.8) is 0 Å². The van der Waals surface area contributed by atoms with E-state index in [1.54, 1.807) is 0 Å². The second-order valence-electron chi connectivity index (χ2n) is 2.05. The zero-order valence-electron chi connectivity index (χ0n) is 4.15. The number of halogens is 1. The van der Waals surface area contributed by atoms with Gasteiger partial charge in [0.2, 0.25) is 0 Å². The number of hydrogen-bond acceptors (Lipinski definition) is 1. The van der Waals surface area contributed by atoms with Gasteiger partial charge in [-0.2, -0.15) is 0 Å². The molecule has 2 heteroatoms. The topological polar surface area (TPSA) is 17.1 Å². The maximum absolute atomic E-state index is 10.4. The first-order valence-corrected chi connectivity index (χ1v) is 3.30. The summed E-state index contributed by atoms with van der Waals surface area (Å²) in [5.74, 6) is 0.931. The molecule has 0 aromatic heterocycles. The fourth-order valence-corrected chi connectivity index (χ4v) is 1.06. The fraction of sp³-hybridized carbons (Fsp3) is 0.800. The van der Waals surface area contributed by atoms with Crippen molar-refractivity contribution >= 4 is 21.7 Å². The quantitative estimate of drug-likeness (QED) is 0.492. The van der Waals surface area contributed by atoms with Gasteiger partial charge < -0.3 is 0 Å². The van der Waals surface area contributed by atoms with Gasteiger partial charge in [-0.05, 0) is 5.92 Å². The Kier molecular flexibility index (Phi) is 1.20. The van der Waals surface area contributed by atoms with Crippen LogP contribution in [0, 0.1) is 5.92 Å². The first-order valence-electron chi connectivity index (χ1n) is 2.38. The van der Waals surface area contributed by atoms with Gasteiger partial charge in [0.05, 0.1) is 4.83 Å². The summed E-state index contributed by atoms with van der Waals surface area (Å²) in [6, 6.07) is 0. The summed E-state index contributed by atoms with van der Waals surface area (Å²) in [5.41, 5.74) is 0. The van der Waals surface area contributed by atoms with E-state index in [1.165, 1.54) is 0 Å². The van der Waals surface area contributed by atoms with E-state index < -0.39 is 0 Å². The van der Waals surface area contributed by atoms with Gasteiger partial charge in [-0.3, -0.25) is 4.79 Å². The molecular weight excluding hydrogens is 156 g/mol. The zero-order valence-corrected chi connectivity index (χ0v) is 5.73. The van der Waals surface area contributed by atoms with Crippen LogP contribution in [0.25, 0.3) is 0 Å². The van der Waals surface area contributed by atoms with Gasteiger partial charge in [-0.15, -0.1) is 0 Å². The second-order valence-corrected chi connectivity index (χ2v) is 3.04. The molecule has 0 bridgehead atoms. The lowest BCUT2D eigenvalue weighted by atomic mass is 9.86. The summed E-state index contributed by atoms with van der Waals surface area (Å²) >= 11 is 3.24. The zero-order chi connectivity index (χ0) is 5.44. The van der Waals surface area contributed by atoms with E-state index in [4.69, 9.17) is 0 Å². The highest BCUT2D eigenvalue weighted by Gasteiger charge is 2.33. The van der Waals surface area contributed by atoms with Gasteiger partial charge in [-0.1, -0.05) is 22.9 Å². The smallest absolute Gasteiger partial charge is 0.147 e. The van der Waals surface area contributed by atoms with E-state index in [2.05, 4.69) is 22.9 Å². The standard InChI is InChI=1S/C5H7BrO/c1-3-2-4(7)5(3)6/h3,5H,2H2,1H3/t3-,5+/m1/s1. The van der Waals surface area contributed by atoms with Gasteiger partial charge in [0.1, 0.15) is 5.78 Å². The molecule has 1 saturated carbocycles. The maximum Gasteiger partial charge on any atom is 0.147 e. The first kappa shape index (κ1) is 5.29. The van der Waals surface area contributed by atoms with E-state index in [0.717, 1.165) is 6.42 Å². The highest BCUT2D eigenvalue weighted by Crippen LogP contribution is 2.29. The van der Waals surface area contributed by atoms with Crippen molar-refractivity contribution in [2.24, 2.45) is 5.92 Å². The van der Waals surface area contributed by atoms with Gasteiger partial charge >= 0.3 is 0 Å². The molecule has 0 radical (unpaired) electrons. The van der Waals surface area contributed by atoms with E-state index >= 15 is 0 Å². The van der Waals surface area contributed by atoms with Crippen molar-refractivity contribution in [2.45, 2.75) is 18.2 Å². The Morgan fingerprint density at radius 3 is 2.43 bits per heavy atom.